The molecule has 0 unspecified atom stereocenters. The first-order chi connectivity index (χ1) is 9.79. The van der Waals surface area contributed by atoms with Gasteiger partial charge in [0.1, 0.15) is 11.6 Å². The fraction of sp³-hybridized carbons (Fsp3) is 0.429. The van der Waals surface area contributed by atoms with Gasteiger partial charge >= 0.3 is 6.18 Å². The van der Waals surface area contributed by atoms with Crippen LogP contribution >= 0.6 is 0 Å². The summed E-state index contributed by atoms with van der Waals surface area (Å²) in [5.41, 5.74) is -0.336. The van der Waals surface area contributed by atoms with Crippen LogP contribution in [0.15, 0.2) is 24.3 Å². The molecule has 0 saturated carbocycles. The Bertz CT molecular complexity index is 619. The zero-order chi connectivity index (χ0) is 15.6. The van der Waals surface area contributed by atoms with E-state index in [1.165, 1.54) is 12.1 Å². The average Bonchev–Trinajstić information content (AvgIpc) is 2.70. The number of benzene rings is 1. The minimum Gasteiger partial charge on any atom is -0.317 e. The van der Waals surface area contributed by atoms with Crippen molar-refractivity contribution >= 4 is 0 Å². The molecule has 2 aromatic rings. The number of alkyl halides is 3. The van der Waals surface area contributed by atoms with E-state index in [-0.39, 0.29) is 12.1 Å². The molecule has 4 nitrogen and oxygen atoms in total. The van der Waals surface area contributed by atoms with E-state index < -0.39 is 11.7 Å². The molecule has 1 aromatic heterocycles. The smallest absolute Gasteiger partial charge is 0.317 e. The summed E-state index contributed by atoms with van der Waals surface area (Å²) in [7, 11) is 3.60. The van der Waals surface area contributed by atoms with Crippen LogP contribution in [0, 0.1) is 6.92 Å². The van der Waals surface area contributed by atoms with Crippen LogP contribution in [-0.2, 0) is 26.3 Å². The van der Waals surface area contributed by atoms with Crippen LogP contribution in [0.4, 0.5) is 13.2 Å². The first kappa shape index (κ1) is 15.5. The molecular weight excluding hydrogens is 281 g/mol. The highest BCUT2D eigenvalue weighted by Gasteiger charge is 2.33. The lowest BCUT2D eigenvalue weighted by molar-refractivity contribution is -0.138. The van der Waals surface area contributed by atoms with Crippen LogP contribution in [0.1, 0.15) is 22.8 Å². The van der Waals surface area contributed by atoms with Crippen LogP contribution < -0.4 is 0 Å². The summed E-state index contributed by atoms with van der Waals surface area (Å²) >= 11 is 0. The Kier molecular flexibility index (Phi) is 4.32. The summed E-state index contributed by atoms with van der Waals surface area (Å²) in [6.45, 7) is 2.46. The van der Waals surface area contributed by atoms with E-state index in [9.17, 15) is 13.2 Å². The van der Waals surface area contributed by atoms with E-state index in [4.69, 9.17) is 0 Å². The second-order valence-corrected chi connectivity index (χ2v) is 5.05. The highest BCUT2D eigenvalue weighted by atomic mass is 19.4. The molecule has 0 aliphatic rings. The molecule has 2 rings (SSSR count). The Labute approximate surface area is 121 Å². The van der Waals surface area contributed by atoms with Crippen molar-refractivity contribution in [3.63, 3.8) is 0 Å². The van der Waals surface area contributed by atoms with E-state index in [0.717, 1.165) is 17.7 Å². The molecular formula is C14H17F3N4. The summed E-state index contributed by atoms with van der Waals surface area (Å²) in [4.78, 5) is 1.79. The van der Waals surface area contributed by atoms with E-state index in [0.29, 0.717) is 6.54 Å². The standard InChI is InChI=1S/C14H17F3N4/c1-10-18-19-13(21(10)3)9-20(2)8-11-6-4-5-7-12(11)14(15,16)17/h4-7H,8-9H2,1-3H3. The topological polar surface area (TPSA) is 34.0 Å². The van der Waals surface area contributed by atoms with E-state index >= 15 is 0 Å². The molecule has 0 bridgehead atoms. The number of aromatic nitrogens is 3. The normalized spacial score (nSPS) is 12.1. The predicted molar refractivity (Wildman–Crippen MR) is 72.4 cm³/mol. The third-order valence-corrected chi connectivity index (χ3v) is 3.36. The predicted octanol–water partition coefficient (Wildman–Crippen LogP) is 2.77. The van der Waals surface area contributed by atoms with Crippen molar-refractivity contribution in [3.05, 3.63) is 47.0 Å². The molecule has 0 amide bonds. The maximum Gasteiger partial charge on any atom is 0.416 e. The van der Waals surface area contributed by atoms with E-state index in [1.54, 1.807) is 18.0 Å². The molecule has 0 saturated heterocycles. The van der Waals surface area contributed by atoms with Gasteiger partial charge in [-0.3, -0.25) is 4.90 Å². The number of hydrogen-bond acceptors (Lipinski definition) is 3. The van der Waals surface area contributed by atoms with Gasteiger partial charge in [-0.05, 0) is 25.6 Å². The van der Waals surface area contributed by atoms with Gasteiger partial charge in [0, 0.05) is 13.6 Å². The first-order valence-corrected chi connectivity index (χ1v) is 6.47. The Hall–Kier alpha value is -1.89. The Morgan fingerprint density at radius 1 is 1.14 bits per heavy atom. The Morgan fingerprint density at radius 2 is 1.81 bits per heavy atom. The van der Waals surface area contributed by atoms with Crippen LogP contribution in [0.3, 0.4) is 0 Å². The Morgan fingerprint density at radius 3 is 2.38 bits per heavy atom. The molecule has 114 valence electrons. The lowest BCUT2D eigenvalue weighted by atomic mass is 10.1. The lowest BCUT2D eigenvalue weighted by Crippen LogP contribution is -2.22. The zero-order valence-corrected chi connectivity index (χ0v) is 12.1. The molecule has 7 heteroatoms. The SMILES string of the molecule is Cc1nnc(CN(C)Cc2ccccc2C(F)(F)F)n1C. The summed E-state index contributed by atoms with van der Waals surface area (Å²) in [6, 6.07) is 5.63. The Balaban J connectivity index is 2.13. The summed E-state index contributed by atoms with van der Waals surface area (Å²) in [5.74, 6) is 1.49. The van der Waals surface area contributed by atoms with Gasteiger partial charge < -0.3 is 4.57 Å². The van der Waals surface area contributed by atoms with Crippen molar-refractivity contribution in [2.45, 2.75) is 26.2 Å². The fourth-order valence-electron chi connectivity index (χ4n) is 2.11. The highest BCUT2D eigenvalue weighted by molar-refractivity contribution is 5.29. The first-order valence-electron chi connectivity index (χ1n) is 6.47. The zero-order valence-electron chi connectivity index (χ0n) is 12.1. The molecule has 0 atom stereocenters. The monoisotopic (exact) mass is 298 g/mol. The minimum atomic E-state index is -4.33. The van der Waals surface area contributed by atoms with Gasteiger partial charge in [0.05, 0.1) is 12.1 Å². The van der Waals surface area contributed by atoms with Crippen LogP contribution in [0.25, 0.3) is 0 Å². The number of rotatable bonds is 4. The number of hydrogen-bond donors (Lipinski definition) is 0. The quantitative estimate of drug-likeness (QED) is 0.870. The maximum atomic E-state index is 12.9. The van der Waals surface area contributed by atoms with Gasteiger partial charge in [0.2, 0.25) is 0 Å². The number of nitrogens with zero attached hydrogens (tertiary/aromatic N) is 4. The van der Waals surface area contributed by atoms with Crippen LogP contribution in [0.2, 0.25) is 0 Å². The minimum absolute atomic E-state index is 0.196. The van der Waals surface area contributed by atoms with E-state index in [1.807, 2.05) is 18.5 Å². The second-order valence-electron chi connectivity index (χ2n) is 5.05. The van der Waals surface area contributed by atoms with Gasteiger partial charge in [0.25, 0.3) is 0 Å². The van der Waals surface area contributed by atoms with Crippen molar-refractivity contribution in [1.29, 1.82) is 0 Å². The molecule has 0 aliphatic heterocycles. The van der Waals surface area contributed by atoms with Crippen LogP contribution in [0.5, 0.6) is 0 Å². The second kappa shape index (κ2) is 5.85. The van der Waals surface area contributed by atoms with Gasteiger partial charge in [-0.1, -0.05) is 18.2 Å². The molecule has 1 heterocycles. The van der Waals surface area contributed by atoms with Crippen molar-refractivity contribution < 1.29 is 13.2 Å². The number of aryl methyl sites for hydroxylation is 1. The number of halogens is 3. The van der Waals surface area contributed by atoms with Crippen molar-refractivity contribution in [2.75, 3.05) is 7.05 Å². The largest absolute Gasteiger partial charge is 0.416 e. The molecule has 0 fully saturated rings. The molecule has 1 aromatic carbocycles. The van der Waals surface area contributed by atoms with E-state index in [2.05, 4.69) is 10.2 Å². The summed E-state index contributed by atoms with van der Waals surface area (Å²) in [5, 5.41) is 7.96. The molecule has 0 spiro atoms. The summed E-state index contributed by atoms with van der Waals surface area (Å²) < 4.78 is 40.7. The van der Waals surface area contributed by atoms with Crippen molar-refractivity contribution in [1.82, 2.24) is 19.7 Å². The average molecular weight is 298 g/mol. The van der Waals surface area contributed by atoms with Gasteiger partial charge in [-0.25, -0.2) is 0 Å². The fourth-order valence-corrected chi connectivity index (χ4v) is 2.11. The van der Waals surface area contributed by atoms with Crippen molar-refractivity contribution in [3.8, 4) is 0 Å². The third kappa shape index (κ3) is 3.60. The molecule has 0 aliphatic carbocycles. The van der Waals surface area contributed by atoms with Crippen molar-refractivity contribution in [2.24, 2.45) is 7.05 Å². The maximum absolute atomic E-state index is 12.9. The van der Waals surface area contributed by atoms with Crippen LogP contribution in [-0.4, -0.2) is 26.7 Å². The van der Waals surface area contributed by atoms with Gasteiger partial charge in [-0.2, -0.15) is 13.2 Å². The molecule has 0 N–H and O–H groups in total. The lowest BCUT2D eigenvalue weighted by Gasteiger charge is -2.19. The summed E-state index contributed by atoms with van der Waals surface area (Å²) in [6.07, 6.45) is -4.33. The van der Waals surface area contributed by atoms with Gasteiger partial charge in [0.15, 0.2) is 0 Å². The highest BCUT2D eigenvalue weighted by Crippen LogP contribution is 2.32. The van der Waals surface area contributed by atoms with Gasteiger partial charge in [-0.15, -0.1) is 10.2 Å². The molecule has 0 radical (unpaired) electrons. The molecule has 21 heavy (non-hydrogen) atoms. The third-order valence-electron chi connectivity index (χ3n) is 3.36.